The maximum Gasteiger partial charge on any atom is 0.395 e. The van der Waals surface area contributed by atoms with Gasteiger partial charge in [0.25, 0.3) is 0 Å². The van der Waals surface area contributed by atoms with E-state index in [9.17, 15) is 13.2 Å². The summed E-state index contributed by atoms with van der Waals surface area (Å²) in [7, 11) is 0. The maximum absolute atomic E-state index is 12.4. The van der Waals surface area contributed by atoms with Crippen LogP contribution in [0, 0.1) is 0 Å². The van der Waals surface area contributed by atoms with E-state index in [-0.39, 0.29) is 12.0 Å². The molecule has 0 spiro atoms. The first-order chi connectivity index (χ1) is 6.05. The molecule has 0 radical (unpaired) electrons. The second-order valence-electron chi connectivity index (χ2n) is 2.79. The van der Waals surface area contributed by atoms with E-state index in [1.165, 1.54) is 31.5 Å². The minimum atomic E-state index is -4.17. The van der Waals surface area contributed by atoms with Crippen LogP contribution in [0.2, 0.25) is 0 Å². The van der Waals surface area contributed by atoms with Gasteiger partial charge < -0.3 is 0 Å². The van der Waals surface area contributed by atoms with Crippen molar-refractivity contribution in [1.82, 2.24) is 4.98 Å². The van der Waals surface area contributed by atoms with Crippen LogP contribution < -0.4 is 0 Å². The summed E-state index contributed by atoms with van der Waals surface area (Å²) < 4.78 is 37.1. The molecule has 0 unspecified atom stereocenters. The smallest absolute Gasteiger partial charge is 0.264 e. The zero-order chi connectivity index (χ0) is 9.90. The molecule has 0 aliphatic carbocycles. The fourth-order valence-electron chi connectivity index (χ4n) is 1.24. The van der Waals surface area contributed by atoms with Crippen molar-refractivity contribution in [3.63, 3.8) is 0 Å². The van der Waals surface area contributed by atoms with E-state index in [0.717, 1.165) is 0 Å². The SMILES string of the molecule is CC[C@H](c1cccnc1)C(F)(F)F. The topological polar surface area (TPSA) is 12.9 Å². The summed E-state index contributed by atoms with van der Waals surface area (Å²) in [4.78, 5) is 3.67. The average Bonchev–Trinajstić information content (AvgIpc) is 2.05. The van der Waals surface area contributed by atoms with Crippen LogP contribution in [0.25, 0.3) is 0 Å². The maximum atomic E-state index is 12.4. The van der Waals surface area contributed by atoms with Gasteiger partial charge in [0.05, 0.1) is 5.92 Å². The molecule has 4 heteroatoms. The molecule has 1 nitrogen and oxygen atoms in total. The first-order valence-electron chi connectivity index (χ1n) is 4.02. The molecule has 1 aromatic rings. The predicted molar refractivity (Wildman–Crippen MR) is 43.3 cm³/mol. The summed E-state index contributed by atoms with van der Waals surface area (Å²) >= 11 is 0. The van der Waals surface area contributed by atoms with Gasteiger partial charge in [-0.15, -0.1) is 0 Å². The Labute approximate surface area is 74.6 Å². The van der Waals surface area contributed by atoms with E-state index in [0.29, 0.717) is 0 Å². The van der Waals surface area contributed by atoms with Gasteiger partial charge in [0, 0.05) is 12.4 Å². The highest BCUT2D eigenvalue weighted by molar-refractivity contribution is 5.16. The van der Waals surface area contributed by atoms with Crippen LogP contribution in [-0.2, 0) is 0 Å². The first kappa shape index (κ1) is 10.0. The monoisotopic (exact) mass is 189 g/mol. The molecule has 0 saturated heterocycles. The molecule has 0 saturated carbocycles. The number of hydrogen-bond donors (Lipinski definition) is 0. The third-order valence-electron chi connectivity index (χ3n) is 1.89. The molecule has 0 N–H and O–H groups in total. The van der Waals surface area contributed by atoms with Crippen molar-refractivity contribution >= 4 is 0 Å². The molecule has 1 atom stereocenters. The highest BCUT2D eigenvalue weighted by Crippen LogP contribution is 2.36. The summed E-state index contributed by atoms with van der Waals surface area (Å²) in [6, 6.07) is 2.97. The molecule has 0 aliphatic rings. The van der Waals surface area contributed by atoms with Gasteiger partial charge in [-0.1, -0.05) is 13.0 Å². The van der Waals surface area contributed by atoms with E-state index in [1.807, 2.05) is 0 Å². The van der Waals surface area contributed by atoms with Gasteiger partial charge in [0.2, 0.25) is 0 Å². The fraction of sp³-hybridized carbons (Fsp3) is 0.444. The Kier molecular flexibility index (Phi) is 2.90. The van der Waals surface area contributed by atoms with E-state index in [1.54, 1.807) is 0 Å². The molecular weight excluding hydrogens is 179 g/mol. The number of pyridine rings is 1. The minimum absolute atomic E-state index is 0.0508. The number of rotatable bonds is 2. The van der Waals surface area contributed by atoms with Gasteiger partial charge in [-0.05, 0) is 18.1 Å². The lowest BCUT2D eigenvalue weighted by Crippen LogP contribution is -2.20. The van der Waals surface area contributed by atoms with Gasteiger partial charge in [0.1, 0.15) is 0 Å². The van der Waals surface area contributed by atoms with Crippen molar-refractivity contribution in [3.05, 3.63) is 30.1 Å². The fourth-order valence-corrected chi connectivity index (χ4v) is 1.24. The lowest BCUT2D eigenvalue weighted by Gasteiger charge is -2.18. The normalized spacial score (nSPS) is 14.2. The van der Waals surface area contributed by atoms with Crippen LogP contribution in [0.3, 0.4) is 0 Å². The molecule has 72 valence electrons. The second-order valence-corrected chi connectivity index (χ2v) is 2.79. The quantitative estimate of drug-likeness (QED) is 0.696. The molecule has 0 aliphatic heterocycles. The zero-order valence-electron chi connectivity index (χ0n) is 7.17. The molecule has 1 rings (SSSR count). The van der Waals surface area contributed by atoms with Crippen LogP contribution >= 0.6 is 0 Å². The third kappa shape index (κ3) is 2.44. The summed E-state index contributed by atoms with van der Waals surface area (Å²) in [6.45, 7) is 1.52. The Morgan fingerprint density at radius 2 is 2.15 bits per heavy atom. The number of halogens is 3. The molecule has 0 fully saturated rings. The molecule has 1 aromatic heterocycles. The van der Waals surface area contributed by atoms with E-state index >= 15 is 0 Å². The molecular formula is C9H10F3N. The Bertz CT molecular complexity index is 255. The van der Waals surface area contributed by atoms with Gasteiger partial charge in [0.15, 0.2) is 0 Å². The van der Waals surface area contributed by atoms with E-state index in [2.05, 4.69) is 4.98 Å². The molecule has 0 bridgehead atoms. The summed E-state index contributed by atoms with van der Waals surface area (Å²) in [5, 5.41) is 0. The Morgan fingerprint density at radius 3 is 2.54 bits per heavy atom. The first-order valence-corrected chi connectivity index (χ1v) is 4.02. The zero-order valence-corrected chi connectivity index (χ0v) is 7.17. The van der Waals surface area contributed by atoms with Gasteiger partial charge >= 0.3 is 6.18 Å². The third-order valence-corrected chi connectivity index (χ3v) is 1.89. The largest absolute Gasteiger partial charge is 0.395 e. The lowest BCUT2D eigenvalue weighted by atomic mass is 9.98. The molecule has 0 amide bonds. The predicted octanol–water partition coefficient (Wildman–Crippen LogP) is 3.14. The number of alkyl halides is 3. The van der Waals surface area contributed by atoms with Crippen molar-refractivity contribution < 1.29 is 13.2 Å². The summed E-state index contributed by atoms with van der Waals surface area (Å²) in [6.07, 6.45) is -1.39. The van der Waals surface area contributed by atoms with E-state index in [4.69, 9.17) is 0 Å². The Hall–Kier alpha value is -1.06. The van der Waals surface area contributed by atoms with Crippen molar-refractivity contribution in [2.75, 3.05) is 0 Å². The van der Waals surface area contributed by atoms with Crippen molar-refractivity contribution in [2.24, 2.45) is 0 Å². The van der Waals surface area contributed by atoms with Crippen molar-refractivity contribution in [2.45, 2.75) is 25.4 Å². The highest BCUT2D eigenvalue weighted by Gasteiger charge is 2.39. The van der Waals surface area contributed by atoms with Gasteiger partial charge in [-0.3, -0.25) is 4.98 Å². The van der Waals surface area contributed by atoms with Crippen LogP contribution in [0.5, 0.6) is 0 Å². The highest BCUT2D eigenvalue weighted by atomic mass is 19.4. The van der Waals surface area contributed by atoms with Crippen LogP contribution in [0.4, 0.5) is 13.2 Å². The van der Waals surface area contributed by atoms with Gasteiger partial charge in [-0.2, -0.15) is 13.2 Å². The van der Waals surface area contributed by atoms with Crippen LogP contribution in [0.15, 0.2) is 24.5 Å². The average molecular weight is 189 g/mol. The number of nitrogens with zero attached hydrogens (tertiary/aromatic N) is 1. The van der Waals surface area contributed by atoms with Gasteiger partial charge in [-0.25, -0.2) is 0 Å². The van der Waals surface area contributed by atoms with Crippen LogP contribution in [0.1, 0.15) is 24.8 Å². The standard InChI is InChI=1S/C9H10F3N/c1-2-8(9(10,11)12)7-4-3-5-13-6-7/h3-6,8H,2H2,1H3/t8-/m1/s1. The molecule has 0 aromatic carbocycles. The second kappa shape index (κ2) is 3.77. The minimum Gasteiger partial charge on any atom is -0.264 e. The molecule has 1 heterocycles. The summed E-state index contributed by atoms with van der Waals surface area (Å²) in [5.41, 5.74) is 0.234. The summed E-state index contributed by atoms with van der Waals surface area (Å²) in [5.74, 6) is -1.39. The molecule has 13 heavy (non-hydrogen) atoms. The van der Waals surface area contributed by atoms with Crippen LogP contribution in [-0.4, -0.2) is 11.2 Å². The Morgan fingerprint density at radius 1 is 1.46 bits per heavy atom. The number of aromatic nitrogens is 1. The number of hydrogen-bond acceptors (Lipinski definition) is 1. The van der Waals surface area contributed by atoms with Crippen molar-refractivity contribution in [3.8, 4) is 0 Å². The van der Waals surface area contributed by atoms with Crippen molar-refractivity contribution in [1.29, 1.82) is 0 Å². The van der Waals surface area contributed by atoms with E-state index < -0.39 is 12.1 Å². The Balaban J connectivity index is 2.92. The lowest BCUT2D eigenvalue weighted by molar-refractivity contribution is -0.151.